The number of para-hydroxylation sites is 1. The first-order valence-electron chi connectivity index (χ1n) is 8.26. The molecule has 0 saturated heterocycles. The van der Waals surface area contributed by atoms with Crippen LogP contribution in [0.4, 0.5) is 0 Å². The van der Waals surface area contributed by atoms with E-state index in [0.717, 1.165) is 6.26 Å². The number of sulfone groups is 1. The van der Waals surface area contributed by atoms with E-state index in [1.165, 1.54) is 12.1 Å². The maximum atomic E-state index is 12.5. The molecule has 0 aromatic heterocycles. The third-order valence-electron chi connectivity index (χ3n) is 4.47. The minimum Gasteiger partial charge on any atom is -0.449 e. The summed E-state index contributed by atoms with van der Waals surface area (Å²) < 4.78 is 34.8. The molecule has 136 valence electrons. The van der Waals surface area contributed by atoms with Gasteiger partial charge < -0.3 is 9.47 Å². The fourth-order valence-electron chi connectivity index (χ4n) is 2.90. The van der Waals surface area contributed by atoms with Crippen molar-refractivity contribution in [2.45, 2.75) is 30.8 Å². The highest BCUT2D eigenvalue weighted by atomic mass is 32.2. The first-order chi connectivity index (χ1) is 12.2. The van der Waals surface area contributed by atoms with E-state index in [4.69, 9.17) is 9.47 Å². The highest BCUT2D eigenvalue weighted by Gasteiger charge is 2.45. The van der Waals surface area contributed by atoms with Gasteiger partial charge in [-0.15, -0.1) is 0 Å². The molecule has 26 heavy (non-hydrogen) atoms. The summed E-state index contributed by atoms with van der Waals surface area (Å²) in [5.41, 5.74) is 0.473. The molecule has 6 heteroatoms. The molecule has 0 spiro atoms. The van der Waals surface area contributed by atoms with Gasteiger partial charge in [-0.1, -0.05) is 37.3 Å². The second-order valence-corrected chi connectivity index (χ2v) is 8.41. The Morgan fingerprint density at radius 2 is 1.65 bits per heavy atom. The number of hydrogen-bond acceptors (Lipinski definition) is 5. The fourth-order valence-corrected chi connectivity index (χ4v) is 3.53. The Morgan fingerprint density at radius 3 is 2.19 bits per heavy atom. The number of cyclic esters (lactones) is 1. The van der Waals surface area contributed by atoms with Gasteiger partial charge in [-0.2, -0.15) is 0 Å². The smallest absolute Gasteiger partial charge is 0.375 e. The topological polar surface area (TPSA) is 69.7 Å². The van der Waals surface area contributed by atoms with Crippen molar-refractivity contribution in [3.05, 3.63) is 65.9 Å². The number of benzene rings is 2. The van der Waals surface area contributed by atoms with Crippen LogP contribution in [0.5, 0.6) is 5.75 Å². The molecular weight excluding hydrogens is 352 g/mol. The van der Waals surface area contributed by atoms with Gasteiger partial charge in [-0.05, 0) is 43.2 Å². The highest BCUT2D eigenvalue weighted by molar-refractivity contribution is 7.90. The molecule has 0 saturated carbocycles. The molecule has 2 aromatic rings. The lowest BCUT2D eigenvalue weighted by atomic mass is 9.88. The molecular formula is C20H20O5S. The van der Waals surface area contributed by atoms with Crippen molar-refractivity contribution in [3.8, 4) is 5.75 Å². The Morgan fingerprint density at radius 1 is 1.04 bits per heavy atom. The molecule has 1 heterocycles. The predicted molar refractivity (Wildman–Crippen MR) is 98.3 cm³/mol. The Kier molecular flexibility index (Phi) is 4.63. The van der Waals surface area contributed by atoms with Gasteiger partial charge in [0.2, 0.25) is 5.76 Å². The number of carbonyl (C=O) groups excluding carboxylic acids is 1. The first kappa shape index (κ1) is 18.2. The number of rotatable bonds is 5. The molecule has 0 amide bonds. The number of hydrogen-bond donors (Lipinski definition) is 0. The van der Waals surface area contributed by atoms with E-state index < -0.39 is 21.4 Å². The monoisotopic (exact) mass is 372 g/mol. The van der Waals surface area contributed by atoms with Gasteiger partial charge in [0.15, 0.2) is 9.84 Å². The van der Waals surface area contributed by atoms with E-state index in [2.05, 4.69) is 0 Å². The van der Waals surface area contributed by atoms with E-state index in [0.29, 0.717) is 23.3 Å². The molecule has 2 aromatic carbocycles. The van der Waals surface area contributed by atoms with Crippen LogP contribution in [-0.4, -0.2) is 26.2 Å². The SMILES string of the molecule is CCC1(C)OC(=O)C(Oc2ccccc2)=C1c1ccc(S(C)(=O)=O)cc1. The Hall–Kier alpha value is -2.60. The van der Waals surface area contributed by atoms with Gasteiger partial charge >= 0.3 is 5.97 Å². The van der Waals surface area contributed by atoms with Gasteiger partial charge in [-0.25, -0.2) is 13.2 Å². The molecule has 0 aliphatic carbocycles. The maximum absolute atomic E-state index is 12.5. The van der Waals surface area contributed by atoms with E-state index >= 15 is 0 Å². The molecule has 0 radical (unpaired) electrons. The molecule has 0 bridgehead atoms. The van der Waals surface area contributed by atoms with Crippen molar-refractivity contribution in [1.29, 1.82) is 0 Å². The minimum absolute atomic E-state index is 0.132. The minimum atomic E-state index is -3.30. The summed E-state index contributed by atoms with van der Waals surface area (Å²) in [6.45, 7) is 3.75. The van der Waals surface area contributed by atoms with Crippen LogP contribution in [0.15, 0.2) is 65.3 Å². The van der Waals surface area contributed by atoms with Crippen LogP contribution in [0, 0.1) is 0 Å². The van der Waals surface area contributed by atoms with Crippen LogP contribution in [-0.2, 0) is 19.4 Å². The summed E-state index contributed by atoms with van der Waals surface area (Å²) in [5, 5.41) is 0. The zero-order valence-corrected chi connectivity index (χ0v) is 15.7. The molecule has 1 aliphatic heterocycles. The van der Waals surface area contributed by atoms with Crippen molar-refractivity contribution in [2.75, 3.05) is 6.26 Å². The quantitative estimate of drug-likeness (QED) is 0.750. The molecule has 0 fully saturated rings. The van der Waals surface area contributed by atoms with Crippen LogP contribution in [0.2, 0.25) is 0 Å². The van der Waals surface area contributed by atoms with Gasteiger partial charge in [0, 0.05) is 6.26 Å². The summed E-state index contributed by atoms with van der Waals surface area (Å²) >= 11 is 0. The average molecular weight is 372 g/mol. The van der Waals surface area contributed by atoms with Gasteiger partial charge in [-0.3, -0.25) is 0 Å². The second kappa shape index (κ2) is 6.61. The van der Waals surface area contributed by atoms with E-state index in [-0.39, 0.29) is 10.7 Å². The molecule has 1 unspecified atom stereocenters. The van der Waals surface area contributed by atoms with Crippen molar-refractivity contribution < 1.29 is 22.7 Å². The highest BCUT2D eigenvalue weighted by Crippen LogP contribution is 2.42. The Bertz CT molecular complexity index is 959. The fraction of sp³-hybridized carbons (Fsp3) is 0.250. The lowest BCUT2D eigenvalue weighted by Crippen LogP contribution is -2.26. The first-order valence-corrected chi connectivity index (χ1v) is 10.2. The van der Waals surface area contributed by atoms with Gasteiger partial charge in [0.05, 0.1) is 10.5 Å². The van der Waals surface area contributed by atoms with Crippen LogP contribution in [0.25, 0.3) is 5.57 Å². The summed E-state index contributed by atoms with van der Waals surface area (Å²) in [6.07, 6.45) is 1.72. The average Bonchev–Trinajstić information content (AvgIpc) is 2.86. The standard InChI is InChI=1S/C20H20O5S/c1-4-20(2)17(14-10-12-16(13-11-14)26(3,22)23)18(19(21)25-20)24-15-8-6-5-7-9-15/h5-13H,4H2,1-3H3. The third kappa shape index (κ3) is 3.37. The molecule has 1 aliphatic rings. The molecule has 0 N–H and O–H groups in total. The summed E-state index contributed by atoms with van der Waals surface area (Å²) in [4.78, 5) is 12.7. The summed E-state index contributed by atoms with van der Waals surface area (Å²) in [5.74, 6) is 0.137. The van der Waals surface area contributed by atoms with Crippen LogP contribution in [0.1, 0.15) is 25.8 Å². The lowest BCUT2D eigenvalue weighted by molar-refractivity contribution is -0.147. The third-order valence-corrected chi connectivity index (χ3v) is 5.60. The summed E-state index contributed by atoms with van der Waals surface area (Å²) in [7, 11) is -3.30. The lowest BCUT2D eigenvalue weighted by Gasteiger charge is -2.24. The van der Waals surface area contributed by atoms with Gasteiger partial charge in [0.25, 0.3) is 0 Å². The predicted octanol–water partition coefficient (Wildman–Crippen LogP) is 3.61. The maximum Gasteiger partial charge on any atom is 0.375 e. The van der Waals surface area contributed by atoms with E-state index in [9.17, 15) is 13.2 Å². The molecule has 5 nitrogen and oxygen atoms in total. The molecule has 3 rings (SSSR count). The number of carbonyl (C=O) groups is 1. The van der Waals surface area contributed by atoms with E-state index in [1.54, 1.807) is 24.3 Å². The summed E-state index contributed by atoms with van der Waals surface area (Å²) in [6, 6.07) is 15.4. The van der Waals surface area contributed by atoms with Crippen molar-refractivity contribution >= 4 is 21.4 Å². The Balaban J connectivity index is 2.11. The zero-order chi connectivity index (χ0) is 18.9. The zero-order valence-electron chi connectivity index (χ0n) is 14.9. The van der Waals surface area contributed by atoms with Crippen LogP contribution < -0.4 is 4.74 Å². The van der Waals surface area contributed by atoms with Gasteiger partial charge in [0.1, 0.15) is 11.4 Å². The largest absolute Gasteiger partial charge is 0.449 e. The van der Waals surface area contributed by atoms with Crippen molar-refractivity contribution in [2.24, 2.45) is 0 Å². The number of esters is 1. The normalized spacial score (nSPS) is 20.2. The van der Waals surface area contributed by atoms with Crippen LogP contribution in [0.3, 0.4) is 0 Å². The second-order valence-electron chi connectivity index (χ2n) is 6.39. The molecule has 1 atom stereocenters. The number of ether oxygens (including phenoxy) is 2. The van der Waals surface area contributed by atoms with Crippen molar-refractivity contribution in [1.82, 2.24) is 0 Å². The van der Waals surface area contributed by atoms with E-state index in [1.807, 2.05) is 32.0 Å². The van der Waals surface area contributed by atoms with Crippen LogP contribution >= 0.6 is 0 Å². The van der Waals surface area contributed by atoms with Crippen molar-refractivity contribution in [3.63, 3.8) is 0 Å². The Labute approximate surface area is 153 Å².